The number of thioether (sulfide) groups is 1. The highest BCUT2D eigenvalue weighted by Gasteiger charge is 2.35. The summed E-state index contributed by atoms with van der Waals surface area (Å²) in [5, 5.41) is 1.73. The summed E-state index contributed by atoms with van der Waals surface area (Å²) in [6, 6.07) is 15.6. The predicted molar refractivity (Wildman–Crippen MR) is 127 cm³/mol. The fraction of sp³-hybridized carbons (Fsp3) is 0.200. The molecule has 1 aliphatic rings. The van der Waals surface area contributed by atoms with Crippen molar-refractivity contribution in [1.29, 1.82) is 0 Å². The van der Waals surface area contributed by atoms with E-state index in [4.69, 9.17) is 16.3 Å². The first-order chi connectivity index (χ1) is 15.5. The van der Waals surface area contributed by atoms with Gasteiger partial charge in [0.2, 0.25) is 0 Å². The first-order valence-corrected chi connectivity index (χ1v) is 11.5. The van der Waals surface area contributed by atoms with Gasteiger partial charge in [-0.1, -0.05) is 61.3 Å². The fourth-order valence-corrected chi connectivity index (χ4v) is 4.51. The Morgan fingerprint density at radius 3 is 2.72 bits per heavy atom. The van der Waals surface area contributed by atoms with Gasteiger partial charge in [0.1, 0.15) is 11.6 Å². The molecular formula is C25H21ClFNO3S. The Morgan fingerprint density at radius 2 is 1.94 bits per heavy atom. The summed E-state index contributed by atoms with van der Waals surface area (Å²) in [5.41, 5.74) is 1.27. The number of ether oxygens (including phenoxy) is 1. The summed E-state index contributed by atoms with van der Waals surface area (Å²) in [7, 11) is 0. The number of unbranched alkanes of at least 4 members (excludes halogenated alkanes) is 1. The molecule has 7 heteroatoms. The van der Waals surface area contributed by atoms with Crippen molar-refractivity contribution in [2.45, 2.75) is 26.3 Å². The highest BCUT2D eigenvalue weighted by Crippen LogP contribution is 2.38. The number of nitrogens with zero attached hydrogens (tertiary/aromatic N) is 1. The van der Waals surface area contributed by atoms with E-state index < -0.39 is 17.0 Å². The Kier molecular flexibility index (Phi) is 6.82. The number of carbonyl (C=O) groups excluding carboxylic acids is 2. The van der Waals surface area contributed by atoms with Crippen molar-refractivity contribution in [2.24, 2.45) is 0 Å². The van der Waals surface area contributed by atoms with Crippen molar-refractivity contribution in [2.75, 3.05) is 6.61 Å². The van der Waals surface area contributed by atoms with E-state index in [-0.39, 0.29) is 11.6 Å². The second-order valence-electron chi connectivity index (χ2n) is 7.40. The molecule has 1 aliphatic heterocycles. The molecule has 3 aromatic rings. The van der Waals surface area contributed by atoms with Crippen LogP contribution in [0, 0.1) is 5.82 Å². The number of halogens is 2. The van der Waals surface area contributed by atoms with Crippen LogP contribution in [-0.4, -0.2) is 22.7 Å². The van der Waals surface area contributed by atoms with Gasteiger partial charge in [-0.25, -0.2) is 4.39 Å². The smallest absolute Gasteiger partial charge is 0.293 e. The van der Waals surface area contributed by atoms with Gasteiger partial charge in [-0.3, -0.25) is 14.5 Å². The van der Waals surface area contributed by atoms with Crippen LogP contribution in [-0.2, 0) is 11.3 Å². The maximum Gasteiger partial charge on any atom is 0.293 e. The summed E-state index contributed by atoms with van der Waals surface area (Å²) in [5.74, 6) is -0.210. The van der Waals surface area contributed by atoms with Gasteiger partial charge in [0.25, 0.3) is 11.1 Å². The minimum Gasteiger partial charge on any atom is -0.493 e. The second kappa shape index (κ2) is 9.76. The average Bonchev–Trinajstić information content (AvgIpc) is 3.04. The lowest BCUT2D eigenvalue weighted by Crippen LogP contribution is -2.27. The number of fused-ring (bicyclic) bond motifs is 1. The van der Waals surface area contributed by atoms with Gasteiger partial charge in [0.05, 0.1) is 18.1 Å². The fourth-order valence-electron chi connectivity index (χ4n) is 3.46. The molecule has 1 fully saturated rings. The standard InChI is InChI=1S/C25H21ClFNO3S/c1-2-3-12-31-22-11-9-16-6-4-5-7-19(16)20(22)14-23-24(29)28(25(30)32-23)15-17-8-10-18(27)13-21(17)26/h4-11,13-14H,2-3,12,15H2,1H3. The van der Waals surface area contributed by atoms with E-state index in [0.29, 0.717) is 22.8 Å². The minimum atomic E-state index is -0.473. The molecule has 0 bridgehead atoms. The zero-order valence-electron chi connectivity index (χ0n) is 17.4. The van der Waals surface area contributed by atoms with Gasteiger partial charge in [-0.2, -0.15) is 0 Å². The van der Waals surface area contributed by atoms with Crippen LogP contribution < -0.4 is 4.74 Å². The molecule has 0 unspecified atom stereocenters. The van der Waals surface area contributed by atoms with E-state index in [0.717, 1.165) is 45.8 Å². The van der Waals surface area contributed by atoms with Crippen LogP contribution in [0.15, 0.2) is 59.5 Å². The normalized spacial score (nSPS) is 15.2. The van der Waals surface area contributed by atoms with E-state index in [1.807, 2.05) is 36.4 Å². The van der Waals surface area contributed by atoms with E-state index in [9.17, 15) is 14.0 Å². The molecule has 0 atom stereocenters. The quantitative estimate of drug-likeness (QED) is 0.275. The maximum atomic E-state index is 13.3. The zero-order chi connectivity index (χ0) is 22.7. The summed E-state index contributed by atoms with van der Waals surface area (Å²) in [6.07, 6.45) is 3.65. The Bertz CT molecular complexity index is 1230. The van der Waals surface area contributed by atoms with Crippen LogP contribution in [0.3, 0.4) is 0 Å². The third-order valence-electron chi connectivity index (χ3n) is 5.18. The Balaban J connectivity index is 1.68. The van der Waals surface area contributed by atoms with Gasteiger partial charge in [-0.15, -0.1) is 0 Å². The minimum absolute atomic E-state index is 0.0173. The molecule has 3 aromatic carbocycles. The first kappa shape index (κ1) is 22.4. The highest BCUT2D eigenvalue weighted by atomic mass is 35.5. The van der Waals surface area contributed by atoms with Crippen LogP contribution in [0.4, 0.5) is 9.18 Å². The van der Waals surface area contributed by atoms with Gasteiger partial charge in [-0.05, 0) is 58.8 Å². The molecule has 0 aliphatic carbocycles. The summed E-state index contributed by atoms with van der Waals surface area (Å²) >= 11 is 6.97. The second-order valence-corrected chi connectivity index (χ2v) is 8.80. The van der Waals surface area contributed by atoms with Crippen LogP contribution >= 0.6 is 23.4 Å². The monoisotopic (exact) mass is 469 g/mol. The number of hydrogen-bond donors (Lipinski definition) is 0. The van der Waals surface area contributed by atoms with E-state index in [1.165, 1.54) is 18.2 Å². The third kappa shape index (κ3) is 4.66. The number of rotatable bonds is 7. The molecular weight excluding hydrogens is 449 g/mol. The molecule has 4 rings (SSSR count). The van der Waals surface area contributed by atoms with Crippen LogP contribution in [0.25, 0.3) is 16.8 Å². The van der Waals surface area contributed by atoms with E-state index in [2.05, 4.69) is 6.92 Å². The summed E-state index contributed by atoms with van der Waals surface area (Å²) in [6.45, 7) is 2.64. The topological polar surface area (TPSA) is 46.6 Å². The largest absolute Gasteiger partial charge is 0.493 e. The molecule has 0 aromatic heterocycles. The van der Waals surface area contributed by atoms with Crippen molar-refractivity contribution in [3.63, 3.8) is 0 Å². The molecule has 2 amide bonds. The number of amides is 2. The Hall–Kier alpha value is -2.83. The highest BCUT2D eigenvalue weighted by molar-refractivity contribution is 8.18. The average molecular weight is 470 g/mol. The van der Waals surface area contributed by atoms with Crippen molar-refractivity contribution in [3.8, 4) is 5.75 Å². The first-order valence-electron chi connectivity index (χ1n) is 10.3. The van der Waals surface area contributed by atoms with Gasteiger partial charge < -0.3 is 4.74 Å². The number of carbonyl (C=O) groups is 2. The number of hydrogen-bond acceptors (Lipinski definition) is 4. The van der Waals surface area contributed by atoms with Gasteiger partial charge >= 0.3 is 0 Å². The van der Waals surface area contributed by atoms with Crippen molar-refractivity contribution < 1.29 is 18.7 Å². The van der Waals surface area contributed by atoms with Gasteiger partial charge in [0.15, 0.2) is 0 Å². The molecule has 1 saturated heterocycles. The summed E-state index contributed by atoms with van der Waals surface area (Å²) in [4.78, 5) is 27.1. The zero-order valence-corrected chi connectivity index (χ0v) is 19.0. The molecule has 32 heavy (non-hydrogen) atoms. The molecule has 164 valence electrons. The van der Waals surface area contributed by atoms with Crippen LogP contribution in [0.2, 0.25) is 5.02 Å². The van der Waals surface area contributed by atoms with Crippen molar-refractivity contribution in [3.05, 3.63) is 81.5 Å². The van der Waals surface area contributed by atoms with Crippen molar-refractivity contribution >= 4 is 51.4 Å². The Labute approximate surface area is 195 Å². The SMILES string of the molecule is CCCCOc1ccc2ccccc2c1C=C1SC(=O)N(Cc2ccc(F)cc2Cl)C1=O. The maximum absolute atomic E-state index is 13.3. The third-order valence-corrected chi connectivity index (χ3v) is 6.44. The lowest BCUT2D eigenvalue weighted by molar-refractivity contribution is -0.123. The predicted octanol–water partition coefficient (Wildman–Crippen LogP) is 7.05. The molecule has 0 spiro atoms. The van der Waals surface area contributed by atoms with Crippen LogP contribution in [0.5, 0.6) is 5.75 Å². The molecule has 0 N–H and O–H groups in total. The molecule has 1 heterocycles. The number of benzene rings is 3. The van der Waals surface area contributed by atoms with Crippen molar-refractivity contribution in [1.82, 2.24) is 4.90 Å². The molecule has 0 radical (unpaired) electrons. The summed E-state index contributed by atoms with van der Waals surface area (Å²) < 4.78 is 19.3. The van der Waals surface area contributed by atoms with Gasteiger partial charge in [0, 0.05) is 10.6 Å². The lowest BCUT2D eigenvalue weighted by Gasteiger charge is -2.14. The Morgan fingerprint density at radius 1 is 1.12 bits per heavy atom. The van der Waals surface area contributed by atoms with E-state index in [1.54, 1.807) is 6.08 Å². The number of imide groups is 1. The van der Waals surface area contributed by atoms with Crippen LogP contribution in [0.1, 0.15) is 30.9 Å². The molecule has 4 nitrogen and oxygen atoms in total. The lowest BCUT2D eigenvalue weighted by atomic mass is 10.0. The molecule has 0 saturated carbocycles. The van der Waals surface area contributed by atoms with E-state index >= 15 is 0 Å².